The number of nitrogens with zero attached hydrogens (tertiary/aromatic N) is 1. The van der Waals surface area contributed by atoms with Crippen LogP contribution in [0.5, 0.6) is 0 Å². The second-order valence-corrected chi connectivity index (χ2v) is 3.43. The van der Waals surface area contributed by atoms with E-state index in [1.54, 1.807) is 6.92 Å². The van der Waals surface area contributed by atoms with Crippen LogP contribution in [0.15, 0.2) is 12.1 Å². The smallest absolute Gasteiger partial charge is 0.250 e. The first-order valence-electron chi connectivity index (χ1n) is 5.16. The van der Waals surface area contributed by atoms with E-state index in [4.69, 9.17) is 10.00 Å². The van der Waals surface area contributed by atoms with Gasteiger partial charge in [-0.05, 0) is 26.0 Å². The number of nitrogens with one attached hydrogen (secondary N) is 1. The number of ether oxygens (including phenoxy) is 1. The molecule has 0 aromatic heterocycles. The lowest BCUT2D eigenvalue weighted by atomic mass is 10.1. The minimum absolute atomic E-state index is 0.0889. The van der Waals surface area contributed by atoms with Crippen LogP contribution >= 0.6 is 0 Å². The molecular weight excluding hydrogens is 223 g/mol. The van der Waals surface area contributed by atoms with Crippen molar-refractivity contribution in [2.45, 2.75) is 13.8 Å². The standard InChI is InChI=1S/C12H13FN2O2/c1-3-17-7-12(16)15-11-5-9(6-14)4-10(13)8(11)2/h4-5H,3,7H2,1-2H3,(H,15,16). The van der Waals surface area contributed by atoms with E-state index < -0.39 is 5.82 Å². The van der Waals surface area contributed by atoms with E-state index in [0.717, 1.165) is 6.07 Å². The number of halogens is 1. The van der Waals surface area contributed by atoms with Crippen LogP contribution in [0.25, 0.3) is 0 Å². The van der Waals surface area contributed by atoms with Crippen molar-refractivity contribution in [1.29, 1.82) is 5.26 Å². The minimum atomic E-state index is -0.518. The Morgan fingerprint density at radius 2 is 2.29 bits per heavy atom. The van der Waals surface area contributed by atoms with E-state index in [1.165, 1.54) is 13.0 Å². The lowest BCUT2D eigenvalue weighted by molar-refractivity contribution is -0.120. The summed E-state index contributed by atoms with van der Waals surface area (Å²) in [6.45, 7) is 3.65. The Morgan fingerprint density at radius 3 is 2.88 bits per heavy atom. The number of hydrogen-bond acceptors (Lipinski definition) is 3. The van der Waals surface area contributed by atoms with Crippen LogP contribution in [-0.2, 0) is 9.53 Å². The lowest BCUT2D eigenvalue weighted by Crippen LogP contribution is -2.19. The number of hydrogen-bond donors (Lipinski definition) is 1. The Kier molecular flexibility index (Phi) is 4.61. The molecule has 0 aliphatic heterocycles. The summed E-state index contributed by atoms with van der Waals surface area (Å²) < 4.78 is 18.3. The quantitative estimate of drug-likeness (QED) is 0.869. The average molecular weight is 236 g/mol. The number of benzene rings is 1. The number of anilines is 1. The normalized spacial score (nSPS) is 9.76. The maximum absolute atomic E-state index is 13.4. The first kappa shape index (κ1) is 13.1. The second kappa shape index (κ2) is 5.97. The van der Waals surface area contributed by atoms with Gasteiger partial charge < -0.3 is 10.1 Å². The Balaban J connectivity index is 2.87. The zero-order chi connectivity index (χ0) is 12.8. The maximum atomic E-state index is 13.4. The van der Waals surface area contributed by atoms with E-state index in [0.29, 0.717) is 17.9 Å². The van der Waals surface area contributed by atoms with Crippen LogP contribution in [0.1, 0.15) is 18.1 Å². The molecule has 4 nitrogen and oxygen atoms in total. The summed E-state index contributed by atoms with van der Waals surface area (Å²) >= 11 is 0. The van der Waals surface area contributed by atoms with E-state index in [9.17, 15) is 9.18 Å². The van der Waals surface area contributed by atoms with Gasteiger partial charge >= 0.3 is 0 Å². The Labute approximate surface area is 99.0 Å². The zero-order valence-corrected chi connectivity index (χ0v) is 9.71. The highest BCUT2D eigenvalue weighted by Crippen LogP contribution is 2.20. The molecule has 1 aromatic rings. The summed E-state index contributed by atoms with van der Waals surface area (Å²) in [5.74, 6) is -0.889. The molecule has 0 saturated heterocycles. The van der Waals surface area contributed by atoms with Gasteiger partial charge in [0.2, 0.25) is 5.91 Å². The minimum Gasteiger partial charge on any atom is -0.372 e. The largest absolute Gasteiger partial charge is 0.372 e. The van der Waals surface area contributed by atoms with Gasteiger partial charge in [0.15, 0.2) is 0 Å². The summed E-state index contributed by atoms with van der Waals surface area (Å²) in [6.07, 6.45) is 0. The van der Waals surface area contributed by atoms with Crippen molar-refractivity contribution in [1.82, 2.24) is 0 Å². The third kappa shape index (κ3) is 3.54. The molecule has 90 valence electrons. The molecule has 0 saturated carbocycles. The SMILES string of the molecule is CCOCC(=O)Nc1cc(C#N)cc(F)c1C. The van der Waals surface area contributed by atoms with Gasteiger partial charge in [-0.25, -0.2) is 4.39 Å². The van der Waals surface area contributed by atoms with Crippen LogP contribution < -0.4 is 5.32 Å². The first-order valence-corrected chi connectivity index (χ1v) is 5.16. The van der Waals surface area contributed by atoms with Crippen LogP contribution in [0, 0.1) is 24.1 Å². The van der Waals surface area contributed by atoms with Gasteiger partial charge in [0.1, 0.15) is 12.4 Å². The molecule has 0 aliphatic rings. The summed E-state index contributed by atoms with van der Waals surface area (Å²) in [5.41, 5.74) is 0.764. The molecule has 0 fully saturated rings. The highest BCUT2D eigenvalue weighted by atomic mass is 19.1. The van der Waals surface area contributed by atoms with Gasteiger partial charge in [0.25, 0.3) is 0 Å². The molecule has 0 radical (unpaired) electrons. The number of amides is 1. The number of carbonyl (C=O) groups is 1. The second-order valence-electron chi connectivity index (χ2n) is 3.43. The third-order valence-electron chi connectivity index (χ3n) is 2.18. The van der Waals surface area contributed by atoms with Crippen molar-refractivity contribution in [2.24, 2.45) is 0 Å². The number of carbonyl (C=O) groups excluding carboxylic acids is 1. The molecule has 0 unspecified atom stereocenters. The van der Waals surface area contributed by atoms with E-state index in [1.807, 2.05) is 6.07 Å². The van der Waals surface area contributed by atoms with Gasteiger partial charge in [0.05, 0.1) is 11.6 Å². The van der Waals surface area contributed by atoms with Crippen molar-refractivity contribution in [3.05, 3.63) is 29.1 Å². The summed E-state index contributed by atoms with van der Waals surface area (Å²) in [5, 5.41) is 11.2. The number of rotatable bonds is 4. The molecule has 1 rings (SSSR count). The van der Waals surface area contributed by atoms with Gasteiger partial charge in [-0.15, -0.1) is 0 Å². The predicted molar refractivity (Wildman–Crippen MR) is 61.0 cm³/mol. The molecule has 0 aliphatic carbocycles. The Morgan fingerprint density at radius 1 is 1.59 bits per heavy atom. The molecule has 0 atom stereocenters. The molecular formula is C12H13FN2O2. The van der Waals surface area contributed by atoms with Crippen LogP contribution in [-0.4, -0.2) is 19.1 Å². The van der Waals surface area contributed by atoms with Crippen LogP contribution in [0.2, 0.25) is 0 Å². The van der Waals surface area contributed by atoms with Crippen LogP contribution in [0.4, 0.5) is 10.1 Å². The summed E-state index contributed by atoms with van der Waals surface area (Å²) in [6, 6.07) is 4.39. The molecule has 0 bridgehead atoms. The summed E-state index contributed by atoms with van der Waals surface area (Å²) in [7, 11) is 0. The fraction of sp³-hybridized carbons (Fsp3) is 0.333. The third-order valence-corrected chi connectivity index (χ3v) is 2.18. The zero-order valence-electron chi connectivity index (χ0n) is 9.71. The highest BCUT2D eigenvalue weighted by molar-refractivity contribution is 5.92. The lowest BCUT2D eigenvalue weighted by Gasteiger charge is -2.09. The highest BCUT2D eigenvalue weighted by Gasteiger charge is 2.10. The molecule has 1 amide bonds. The monoisotopic (exact) mass is 236 g/mol. The average Bonchev–Trinajstić information content (AvgIpc) is 2.32. The molecule has 17 heavy (non-hydrogen) atoms. The first-order chi connectivity index (χ1) is 8.08. The maximum Gasteiger partial charge on any atom is 0.250 e. The van der Waals surface area contributed by atoms with Crippen molar-refractivity contribution in [3.8, 4) is 6.07 Å². The van der Waals surface area contributed by atoms with Crippen molar-refractivity contribution < 1.29 is 13.9 Å². The molecule has 0 spiro atoms. The van der Waals surface area contributed by atoms with Gasteiger partial charge in [0, 0.05) is 17.9 Å². The molecule has 5 heteroatoms. The topological polar surface area (TPSA) is 62.1 Å². The summed E-state index contributed by atoms with van der Waals surface area (Å²) in [4.78, 5) is 11.4. The van der Waals surface area contributed by atoms with E-state index >= 15 is 0 Å². The molecule has 0 heterocycles. The number of nitriles is 1. The fourth-order valence-corrected chi connectivity index (χ4v) is 1.25. The fourth-order valence-electron chi connectivity index (χ4n) is 1.25. The molecule has 1 aromatic carbocycles. The molecule has 1 N–H and O–H groups in total. The van der Waals surface area contributed by atoms with Crippen LogP contribution in [0.3, 0.4) is 0 Å². The predicted octanol–water partition coefficient (Wildman–Crippen LogP) is 1.98. The van der Waals surface area contributed by atoms with E-state index in [2.05, 4.69) is 5.32 Å². The Bertz CT molecular complexity index is 466. The van der Waals surface area contributed by atoms with E-state index in [-0.39, 0.29) is 18.1 Å². The van der Waals surface area contributed by atoms with Gasteiger partial charge in [-0.2, -0.15) is 5.26 Å². The van der Waals surface area contributed by atoms with Gasteiger partial charge in [-0.1, -0.05) is 0 Å². The van der Waals surface area contributed by atoms with Crippen molar-refractivity contribution in [2.75, 3.05) is 18.5 Å². The Hall–Kier alpha value is -1.93. The van der Waals surface area contributed by atoms with Crippen molar-refractivity contribution in [3.63, 3.8) is 0 Å². The van der Waals surface area contributed by atoms with Crippen molar-refractivity contribution >= 4 is 11.6 Å². The van der Waals surface area contributed by atoms with Gasteiger partial charge in [-0.3, -0.25) is 4.79 Å².